The number of morpholine rings is 1. The Balaban J connectivity index is 1.29. The zero-order valence-electron chi connectivity index (χ0n) is 17.8. The summed E-state index contributed by atoms with van der Waals surface area (Å²) in [5.41, 5.74) is 0.806. The zero-order valence-corrected chi connectivity index (χ0v) is 17.8. The molecule has 7 heteroatoms. The Morgan fingerprint density at radius 1 is 0.967 bits per heavy atom. The first kappa shape index (κ1) is 20.0. The highest BCUT2D eigenvalue weighted by Crippen LogP contribution is 2.38. The van der Waals surface area contributed by atoms with E-state index in [1.165, 1.54) is 0 Å². The van der Waals surface area contributed by atoms with Gasteiger partial charge in [-0.25, -0.2) is 0 Å². The van der Waals surface area contributed by atoms with E-state index in [-0.39, 0.29) is 23.4 Å². The minimum atomic E-state index is 0.0366. The van der Waals surface area contributed by atoms with E-state index in [2.05, 4.69) is 14.7 Å². The van der Waals surface area contributed by atoms with Crippen molar-refractivity contribution in [2.24, 2.45) is 0 Å². The summed E-state index contributed by atoms with van der Waals surface area (Å²) in [4.78, 5) is 34.1. The van der Waals surface area contributed by atoms with Crippen LogP contribution in [0.1, 0.15) is 30.1 Å². The third-order valence-corrected chi connectivity index (χ3v) is 7.48. The molecule has 5 rings (SSSR count). The van der Waals surface area contributed by atoms with Crippen molar-refractivity contribution in [3.63, 3.8) is 0 Å². The molecule has 1 aromatic carbocycles. The second kappa shape index (κ2) is 7.94. The summed E-state index contributed by atoms with van der Waals surface area (Å²) in [5.74, 6) is 0.320. The second-order valence-electron chi connectivity index (χ2n) is 9.34. The number of piperazine rings is 1. The van der Waals surface area contributed by atoms with Crippen LogP contribution >= 0.6 is 0 Å². The maximum atomic E-state index is 13.2. The zero-order chi connectivity index (χ0) is 20.7. The van der Waals surface area contributed by atoms with Gasteiger partial charge in [0.05, 0.1) is 24.8 Å². The summed E-state index contributed by atoms with van der Waals surface area (Å²) < 4.78 is 5.78. The number of carbonyl (C=O) groups is 2. The largest absolute Gasteiger partial charge is 0.378 e. The van der Waals surface area contributed by atoms with Gasteiger partial charge in [0.2, 0.25) is 5.91 Å². The van der Waals surface area contributed by atoms with E-state index in [9.17, 15) is 9.59 Å². The van der Waals surface area contributed by atoms with E-state index in [0.717, 1.165) is 70.8 Å². The van der Waals surface area contributed by atoms with Crippen LogP contribution in [0.3, 0.4) is 0 Å². The summed E-state index contributed by atoms with van der Waals surface area (Å²) in [6, 6.07) is 10.5. The third-order valence-electron chi connectivity index (χ3n) is 7.48. The van der Waals surface area contributed by atoms with Crippen molar-refractivity contribution >= 4 is 11.8 Å². The lowest BCUT2D eigenvalue weighted by Crippen LogP contribution is -2.82. The molecule has 4 heterocycles. The molecule has 1 atom stereocenters. The lowest BCUT2D eigenvalue weighted by Gasteiger charge is -2.65. The number of ether oxygens (including phenoxy) is 1. The molecule has 0 radical (unpaired) electrons. The van der Waals surface area contributed by atoms with Gasteiger partial charge in [-0.3, -0.25) is 19.4 Å². The van der Waals surface area contributed by atoms with E-state index >= 15 is 0 Å². The molecule has 162 valence electrons. The fourth-order valence-electron chi connectivity index (χ4n) is 5.91. The van der Waals surface area contributed by atoms with E-state index in [0.29, 0.717) is 12.6 Å². The smallest absolute Gasteiger partial charge is 0.253 e. The molecule has 0 N–H and O–H groups in total. The van der Waals surface area contributed by atoms with Crippen LogP contribution in [-0.4, -0.2) is 108 Å². The van der Waals surface area contributed by atoms with Gasteiger partial charge < -0.3 is 14.5 Å². The normalized spacial score (nSPS) is 27.6. The predicted molar refractivity (Wildman–Crippen MR) is 113 cm³/mol. The average molecular weight is 413 g/mol. The lowest BCUT2D eigenvalue weighted by atomic mass is 9.80. The highest BCUT2D eigenvalue weighted by Gasteiger charge is 2.56. The standard InChI is InChI=1S/C23H32N4O3/c1-18(28)24-9-7-20(8-10-24)26-16-23(17-26)15-25(13-21-14-30-12-11-27(21)23)22(29)19-5-3-2-4-6-19/h2-6,20-21H,7-17H2,1H3/t21-/m1/s1. The Kier molecular flexibility index (Phi) is 5.29. The summed E-state index contributed by atoms with van der Waals surface area (Å²) in [6.45, 7) is 9.38. The molecule has 4 saturated heterocycles. The van der Waals surface area contributed by atoms with Crippen LogP contribution in [0.15, 0.2) is 30.3 Å². The third kappa shape index (κ3) is 3.53. The number of piperidine rings is 1. The number of nitrogens with zero attached hydrogens (tertiary/aromatic N) is 4. The van der Waals surface area contributed by atoms with Gasteiger partial charge in [0, 0.05) is 64.3 Å². The predicted octanol–water partition coefficient (Wildman–Crippen LogP) is 0.909. The maximum absolute atomic E-state index is 13.2. The molecule has 0 bridgehead atoms. The molecular formula is C23H32N4O3. The van der Waals surface area contributed by atoms with Crippen LogP contribution in [0.25, 0.3) is 0 Å². The van der Waals surface area contributed by atoms with Crippen LogP contribution in [0.4, 0.5) is 0 Å². The van der Waals surface area contributed by atoms with Crippen molar-refractivity contribution in [2.45, 2.75) is 37.4 Å². The van der Waals surface area contributed by atoms with Crippen molar-refractivity contribution in [1.29, 1.82) is 0 Å². The van der Waals surface area contributed by atoms with E-state index in [1.807, 2.05) is 35.2 Å². The van der Waals surface area contributed by atoms with E-state index in [1.54, 1.807) is 6.92 Å². The van der Waals surface area contributed by atoms with Crippen LogP contribution in [0.2, 0.25) is 0 Å². The van der Waals surface area contributed by atoms with Gasteiger partial charge in [-0.2, -0.15) is 0 Å². The van der Waals surface area contributed by atoms with Gasteiger partial charge in [-0.15, -0.1) is 0 Å². The number of amides is 2. The number of carbonyl (C=O) groups excluding carboxylic acids is 2. The number of hydrogen-bond donors (Lipinski definition) is 0. The lowest BCUT2D eigenvalue weighted by molar-refractivity contribution is -0.169. The summed E-state index contributed by atoms with van der Waals surface area (Å²) in [5, 5.41) is 0. The molecule has 4 aliphatic heterocycles. The number of likely N-dealkylation sites (tertiary alicyclic amines) is 2. The highest BCUT2D eigenvalue weighted by molar-refractivity contribution is 5.94. The maximum Gasteiger partial charge on any atom is 0.253 e. The van der Waals surface area contributed by atoms with Crippen molar-refractivity contribution in [3.05, 3.63) is 35.9 Å². The molecule has 1 spiro atoms. The molecule has 0 aromatic heterocycles. The van der Waals surface area contributed by atoms with Gasteiger partial charge in [0.15, 0.2) is 0 Å². The van der Waals surface area contributed by atoms with Gasteiger partial charge in [0.25, 0.3) is 5.91 Å². The fraction of sp³-hybridized carbons (Fsp3) is 0.652. The Morgan fingerprint density at radius 3 is 2.40 bits per heavy atom. The molecule has 0 unspecified atom stereocenters. The number of fused-ring (bicyclic) bond motifs is 2. The first-order chi connectivity index (χ1) is 14.6. The Morgan fingerprint density at radius 2 is 1.70 bits per heavy atom. The summed E-state index contributed by atoms with van der Waals surface area (Å²) in [6.07, 6.45) is 2.10. The van der Waals surface area contributed by atoms with Crippen LogP contribution in [0, 0.1) is 0 Å². The molecule has 1 aromatic rings. The number of benzene rings is 1. The van der Waals surface area contributed by atoms with Crippen LogP contribution < -0.4 is 0 Å². The quantitative estimate of drug-likeness (QED) is 0.723. The first-order valence-corrected chi connectivity index (χ1v) is 11.2. The van der Waals surface area contributed by atoms with Gasteiger partial charge in [-0.1, -0.05) is 18.2 Å². The minimum Gasteiger partial charge on any atom is -0.378 e. The second-order valence-corrected chi connectivity index (χ2v) is 9.34. The topological polar surface area (TPSA) is 56.3 Å². The molecule has 0 saturated carbocycles. The van der Waals surface area contributed by atoms with E-state index in [4.69, 9.17) is 4.74 Å². The number of hydrogen-bond acceptors (Lipinski definition) is 5. The monoisotopic (exact) mass is 412 g/mol. The molecule has 30 heavy (non-hydrogen) atoms. The summed E-state index contributed by atoms with van der Waals surface area (Å²) in [7, 11) is 0. The van der Waals surface area contributed by atoms with Crippen molar-refractivity contribution in [2.75, 3.05) is 59.0 Å². The number of rotatable bonds is 2. The SMILES string of the molecule is CC(=O)N1CCC(N2CC3(CN(C(=O)c4ccccc4)C[C@@H]4COCCN43)C2)CC1. The molecular weight excluding hydrogens is 380 g/mol. The van der Waals surface area contributed by atoms with Gasteiger partial charge in [-0.05, 0) is 25.0 Å². The van der Waals surface area contributed by atoms with Gasteiger partial charge >= 0.3 is 0 Å². The van der Waals surface area contributed by atoms with Gasteiger partial charge in [0.1, 0.15) is 0 Å². The van der Waals surface area contributed by atoms with Crippen molar-refractivity contribution < 1.29 is 14.3 Å². The molecule has 0 aliphatic carbocycles. The Hall–Kier alpha value is -1.96. The molecule has 2 amide bonds. The van der Waals surface area contributed by atoms with Crippen molar-refractivity contribution in [1.82, 2.24) is 19.6 Å². The summed E-state index contributed by atoms with van der Waals surface area (Å²) >= 11 is 0. The van der Waals surface area contributed by atoms with Crippen molar-refractivity contribution in [3.8, 4) is 0 Å². The molecule has 7 nitrogen and oxygen atoms in total. The average Bonchev–Trinajstić information content (AvgIpc) is 2.77. The van der Waals surface area contributed by atoms with Crippen LogP contribution in [-0.2, 0) is 9.53 Å². The fourth-order valence-corrected chi connectivity index (χ4v) is 5.91. The molecule has 4 fully saturated rings. The minimum absolute atomic E-state index is 0.0366. The molecule has 4 aliphatic rings. The highest BCUT2D eigenvalue weighted by atomic mass is 16.5. The van der Waals surface area contributed by atoms with Crippen LogP contribution in [0.5, 0.6) is 0 Å². The Labute approximate surface area is 178 Å². The van der Waals surface area contributed by atoms with E-state index < -0.39 is 0 Å². The first-order valence-electron chi connectivity index (χ1n) is 11.2. The Bertz CT molecular complexity index is 787.